The Labute approximate surface area is 138 Å². The molecule has 4 aliphatic rings. The Bertz CT molecular complexity index is 544. The molecule has 0 unspecified atom stereocenters. The molecule has 0 N–H and O–H groups in total. The molecule has 2 bridgehead atoms. The van der Waals surface area contributed by atoms with Crippen LogP contribution in [0.4, 0.5) is 0 Å². The number of para-hydroxylation sites is 1. The van der Waals surface area contributed by atoms with Crippen LogP contribution in [0.5, 0.6) is 5.75 Å². The van der Waals surface area contributed by atoms with Gasteiger partial charge in [-0.15, -0.1) is 0 Å². The van der Waals surface area contributed by atoms with Gasteiger partial charge in [-0.1, -0.05) is 18.2 Å². The van der Waals surface area contributed by atoms with Gasteiger partial charge in [0, 0.05) is 32.2 Å². The van der Waals surface area contributed by atoms with E-state index in [1.165, 1.54) is 19.3 Å². The maximum atomic E-state index is 12.7. The number of piperidine rings is 1. The second kappa shape index (κ2) is 6.52. The predicted octanol–water partition coefficient (Wildman–Crippen LogP) is 2.40. The average molecular weight is 314 g/mol. The van der Waals surface area contributed by atoms with Gasteiger partial charge in [0.25, 0.3) is 0 Å². The van der Waals surface area contributed by atoms with E-state index in [0.29, 0.717) is 18.6 Å². The van der Waals surface area contributed by atoms with Crippen molar-refractivity contribution in [3.63, 3.8) is 0 Å². The summed E-state index contributed by atoms with van der Waals surface area (Å²) in [5.41, 5.74) is 0. The van der Waals surface area contributed by atoms with Crippen LogP contribution in [-0.4, -0.2) is 54.5 Å². The molecule has 1 aliphatic carbocycles. The summed E-state index contributed by atoms with van der Waals surface area (Å²) in [6.07, 6.45) is 4.88. The molecule has 1 aromatic rings. The van der Waals surface area contributed by atoms with Gasteiger partial charge in [-0.25, -0.2) is 0 Å². The van der Waals surface area contributed by atoms with Gasteiger partial charge in [-0.3, -0.25) is 9.69 Å². The van der Waals surface area contributed by atoms with Gasteiger partial charge in [0.1, 0.15) is 12.4 Å². The molecule has 0 radical (unpaired) electrons. The van der Waals surface area contributed by atoms with E-state index in [1.54, 1.807) is 0 Å². The summed E-state index contributed by atoms with van der Waals surface area (Å²) in [4.78, 5) is 17.3. The standard InChI is InChI=1S/C19H26N2O2/c22-19-16-8-9-17(21(19)12-15-6-7-15)14-20(13-16)10-11-23-18-4-2-1-3-5-18/h1-5,15-17H,6-14H2/t16-,17+/m1/s1. The maximum Gasteiger partial charge on any atom is 0.227 e. The summed E-state index contributed by atoms with van der Waals surface area (Å²) in [5.74, 6) is 2.34. The SMILES string of the molecule is O=C1[C@@H]2CC[C@@H](CN(CCOc3ccccc3)C2)N1CC1CC1. The molecule has 23 heavy (non-hydrogen) atoms. The minimum Gasteiger partial charge on any atom is -0.492 e. The lowest BCUT2D eigenvalue weighted by atomic mass is 9.94. The van der Waals surface area contributed by atoms with E-state index in [9.17, 15) is 4.79 Å². The second-order valence-corrected chi connectivity index (χ2v) is 7.28. The Hall–Kier alpha value is -1.55. The zero-order valence-electron chi connectivity index (χ0n) is 13.7. The summed E-state index contributed by atoms with van der Waals surface area (Å²) in [6, 6.07) is 10.4. The molecule has 1 amide bonds. The Balaban J connectivity index is 1.33. The number of hydrogen-bond acceptors (Lipinski definition) is 3. The number of carbonyl (C=O) groups is 1. The van der Waals surface area contributed by atoms with E-state index in [1.807, 2.05) is 30.3 Å². The number of fused-ring (bicyclic) bond motifs is 4. The van der Waals surface area contributed by atoms with Gasteiger partial charge in [0.2, 0.25) is 5.91 Å². The lowest BCUT2D eigenvalue weighted by molar-refractivity contribution is -0.140. The Morgan fingerprint density at radius 3 is 2.65 bits per heavy atom. The van der Waals surface area contributed by atoms with Crippen molar-refractivity contribution in [3.8, 4) is 5.75 Å². The first kappa shape index (κ1) is 15.0. The highest BCUT2D eigenvalue weighted by Gasteiger charge is 2.42. The van der Waals surface area contributed by atoms with E-state index in [2.05, 4.69) is 9.80 Å². The molecule has 0 spiro atoms. The van der Waals surface area contributed by atoms with Gasteiger partial charge in [0.05, 0.1) is 5.92 Å². The zero-order valence-corrected chi connectivity index (χ0v) is 13.7. The van der Waals surface area contributed by atoms with Crippen molar-refractivity contribution in [2.75, 3.05) is 32.8 Å². The van der Waals surface area contributed by atoms with Crippen LogP contribution in [0.3, 0.4) is 0 Å². The van der Waals surface area contributed by atoms with Crippen LogP contribution < -0.4 is 4.74 Å². The Kier molecular flexibility index (Phi) is 4.25. The van der Waals surface area contributed by atoms with Crippen molar-refractivity contribution in [3.05, 3.63) is 30.3 Å². The summed E-state index contributed by atoms with van der Waals surface area (Å²) in [7, 11) is 0. The van der Waals surface area contributed by atoms with E-state index in [4.69, 9.17) is 4.74 Å². The molecule has 1 saturated carbocycles. The van der Waals surface area contributed by atoms with Gasteiger partial charge in [0.15, 0.2) is 0 Å². The van der Waals surface area contributed by atoms with Crippen LogP contribution in [0.2, 0.25) is 0 Å². The molecule has 124 valence electrons. The number of carbonyl (C=O) groups excluding carboxylic acids is 1. The van der Waals surface area contributed by atoms with Crippen LogP contribution >= 0.6 is 0 Å². The number of amides is 1. The van der Waals surface area contributed by atoms with E-state index in [0.717, 1.165) is 44.3 Å². The molecule has 4 nitrogen and oxygen atoms in total. The molecule has 0 aromatic heterocycles. The molecule has 4 heteroatoms. The smallest absolute Gasteiger partial charge is 0.227 e. The van der Waals surface area contributed by atoms with Gasteiger partial charge in [-0.2, -0.15) is 0 Å². The lowest BCUT2D eigenvalue weighted by Gasteiger charge is -2.36. The number of benzene rings is 1. The molecule has 1 aromatic carbocycles. The summed E-state index contributed by atoms with van der Waals surface area (Å²) in [6.45, 7) is 4.54. The molecule has 3 aliphatic heterocycles. The molecule has 3 heterocycles. The second-order valence-electron chi connectivity index (χ2n) is 7.28. The normalized spacial score (nSPS) is 28.0. The fraction of sp³-hybridized carbons (Fsp3) is 0.632. The fourth-order valence-corrected chi connectivity index (χ4v) is 3.94. The van der Waals surface area contributed by atoms with Crippen molar-refractivity contribution in [2.45, 2.75) is 31.7 Å². The molecule has 2 atom stereocenters. The number of nitrogens with zero attached hydrogens (tertiary/aromatic N) is 2. The van der Waals surface area contributed by atoms with Gasteiger partial charge >= 0.3 is 0 Å². The van der Waals surface area contributed by atoms with Crippen molar-refractivity contribution in [1.82, 2.24) is 9.80 Å². The largest absolute Gasteiger partial charge is 0.492 e. The zero-order chi connectivity index (χ0) is 15.6. The van der Waals surface area contributed by atoms with Crippen molar-refractivity contribution in [2.24, 2.45) is 11.8 Å². The molecule has 4 fully saturated rings. The molecular weight excluding hydrogens is 288 g/mol. The molecule has 3 saturated heterocycles. The summed E-state index contributed by atoms with van der Waals surface area (Å²) < 4.78 is 5.83. The Morgan fingerprint density at radius 2 is 1.87 bits per heavy atom. The monoisotopic (exact) mass is 314 g/mol. The first-order chi connectivity index (χ1) is 11.3. The van der Waals surface area contributed by atoms with Crippen molar-refractivity contribution in [1.29, 1.82) is 0 Å². The highest BCUT2D eigenvalue weighted by molar-refractivity contribution is 5.80. The predicted molar refractivity (Wildman–Crippen MR) is 89.3 cm³/mol. The summed E-state index contributed by atoms with van der Waals surface area (Å²) in [5, 5.41) is 0. The van der Waals surface area contributed by atoms with Gasteiger partial charge < -0.3 is 9.64 Å². The van der Waals surface area contributed by atoms with Crippen LogP contribution in [0, 0.1) is 11.8 Å². The summed E-state index contributed by atoms with van der Waals surface area (Å²) >= 11 is 0. The topological polar surface area (TPSA) is 32.8 Å². The molecular formula is C19H26N2O2. The van der Waals surface area contributed by atoms with Crippen molar-refractivity contribution >= 4 is 5.91 Å². The molecule has 5 rings (SSSR count). The van der Waals surface area contributed by atoms with E-state index < -0.39 is 0 Å². The van der Waals surface area contributed by atoms with Crippen LogP contribution in [0.15, 0.2) is 30.3 Å². The highest BCUT2D eigenvalue weighted by atomic mass is 16.5. The lowest BCUT2D eigenvalue weighted by Crippen LogP contribution is -2.48. The van der Waals surface area contributed by atoms with Crippen molar-refractivity contribution < 1.29 is 9.53 Å². The fourth-order valence-electron chi connectivity index (χ4n) is 3.94. The van der Waals surface area contributed by atoms with E-state index in [-0.39, 0.29) is 5.92 Å². The highest BCUT2D eigenvalue weighted by Crippen LogP contribution is 2.35. The third-order valence-electron chi connectivity index (χ3n) is 5.44. The van der Waals surface area contributed by atoms with Crippen LogP contribution in [0.25, 0.3) is 0 Å². The number of ether oxygens (including phenoxy) is 1. The number of rotatable bonds is 6. The first-order valence-corrected chi connectivity index (χ1v) is 9.00. The van der Waals surface area contributed by atoms with Crippen LogP contribution in [-0.2, 0) is 4.79 Å². The third-order valence-corrected chi connectivity index (χ3v) is 5.44. The Morgan fingerprint density at radius 1 is 1.04 bits per heavy atom. The van der Waals surface area contributed by atoms with Gasteiger partial charge in [-0.05, 0) is 43.7 Å². The maximum absolute atomic E-state index is 12.7. The number of hydrogen-bond donors (Lipinski definition) is 0. The van der Waals surface area contributed by atoms with E-state index >= 15 is 0 Å². The minimum absolute atomic E-state index is 0.212. The van der Waals surface area contributed by atoms with Crippen LogP contribution in [0.1, 0.15) is 25.7 Å². The quantitative estimate of drug-likeness (QED) is 0.808. The third kappa shape index (κ3) is 3.52. The minimum atomic E-state index is 0.212. The first-order valence-electron chi connectivity index (χ1n) is 9.00. The average Bonchev–Trinajstić information content (AvgIpc) is 3.40.